The third-order valence-electron chi connectivity index (χ3n) is 3.81. The first-order chi connectivity index (χ1) is 9.32. The lowest BCUT2D eigenvalue weighted by molar-refractivity contribution is 0.296. The van der Waals surface area contributed by atoms with Crippen molar-refractivity contribution in [2.75, 3.05) is 0 Å². The van der Waals surface area contributed by atoms with E-state index in [4.69, 9.17) is 4.74 Å². The first-order valence-corrected chi connectivity index (χ1v) is 6.87. The van der Waals surface area contributed by atoms with Crippen molar-refractivity contribution in [1.29, 1.82) is 0 Å². The Labute approximate surface area is 119 Å². The fourth-order valence-corrected chi connectivity index (χ4v) is 2.44. The van der Waals surface area contributed by atoms with Crippen LogP contribution in [0, 0.1) is 0 Å². The molecular formula is C16H22O4. The van der Waals surface area contributed by atoms with Crippen LogP contribution in [-0.4, -0.2) is 27.0 Å². The molecule has 1 heterocycles. The zero-order valence-corrected chi connectivity index (χ0v) is 12.2. The SMILES string of the molecule is CC(C)=CCCC1(C)OC1Cc1c(O)cc(O)cc1O. The maximum Gasteiger partial charge on any atom is 0.126 e. The fourth-order valence-electron chi connectivity index (χ4n) is 2.44. The number of ether oxygens (including phenoxy) is 1. The summed E-state index contributed by atoms with van der Waals surface area (Å²) in [5.74, 6) is -0.332. The number of allylic oxidation sites excluding steroid dienone is 2. The minimum atomic E-state index is -0.192. The van der Waals surface area contributed by atoms with Crippen molar-refractivity contribution in [3.63, 3.8) is 0 Å². The maximum atomic E-state index is 9.78. The third kappa shape index (κ3) is 3.25. The Balaban J connectivity index is 1.98. The lowest BCUT2D eigenvalue weighted by Gasteiger charge is -2.08. The van der Waals surface area contributed by atoms with E-state index in [0.717, 1.165) is 12.8 Å². The molecule has 1 saturated heterocycles. The lowest BCUT2D eigenvalue weighted by Crippen LogP contribution is -2.11. The average molecular weight is 278 g/mol. The van der Waals surface area contributed by atoms with E-state index in [1.165, 1.54) is 17.7 Å². The highest BCUT2D eigenvalue weighted by atomic mass is 16.6. The molecule has 110 valence electrons. The number of phenols is 3. The Morgan fingerprint density at radius 1 is 1.25 bits per heavy atom. The number of hydrogen-bond acceptors (Lipinski definition) is 4. The van der Waals surface area contributed by atoms with Crippen LogP contribution in [0.1, 0.15) is 39.2 Å². The van der Waals surface area contributed by atoms with Gasteiger partial charge in [0, 0.05) is 24.1 Å². The summed E-state index contributed by atoms with van der Waals surface area (Å²) in [7, 11) is 0. The molecule has 4 nitrogen and oxygen atoms in total. The van der Waals surface area contributed by atoms with E-state index in [1.807, 2.05) is 6.92 Å². The summed E-state index contributed by atoms with van der Waals surface area (Å²) in [6.07, 6.45) is 4.50. The zero-order valence-electron chi connectivity index (χ0n) is 12.2. The fraction of sp³-hybridized carbons (Fsp3) is 0.500. The molecule has 3 N–H and O–H groups in total. The van der Waals surface area contributed by atoms with Gasteiger partial charge in [-0.1, -0.05) is 11.6 Å². The molecule has 0 spiro atoms. The van der Waals surface area contributed by atoms with Crippen LogP contribution >= 0.6 is 0 Å². The molecule has 0 amide bonds. The summed E-state index contributed by atoms with van der Waals surface area (Å²) in [6.45, 7) is 6.19. The van der Waals surface area contributed by atoms with Gasteiger partial charge in [-0.15, -0.1) is 0 Å². The van der Waals surface area contributed by atoms with Gasteiger partial charge in [-0.05, 0) is 33.6 Å². The van der Waals surface area contributed by atoms with E-state index >= 15 is 0 Å². The van der Waals surface area contributed by atoms with Gasteiger partial charge in [0.15, 0.2) is 0 Å². The topological polar surface area (TPSA) is 73.2 Å². The molecule has 2 unspecified atom stereocenters. The number of epoxide rings is 1. The predicted molar refractivity (Wildman–Crippen MR) is 77.1 cm³/mol. The molecule has 1 aromatic rings. The van der Waals surface area contributed by atoms with E-state index in [0.29, 0.717) is 12.0 Å². The van der Waals surface area contributed by atoms with Crippen LogP contribution in [0.4, 0.5) is 0 Å². The van der Waals surface area contributed by atoms with Crippen molar-refractivity contribution in [2.24, 2.45) is 0 Å². The number of aromatic hydroxyl groups is 3. The van der Waals surface area contributed by atoms with Crippen LogP contribution in [0.5, 0.6) is 17.2 Å². The minimum absolute atomic E-state index is 0.00518. The van der Waals surface area contributed by atoms with E-state index < -0.39 is 0 Å². The summed E-state index contributed by atoms with van der Waals surface area (Å²) in [5, 5.41) is 28.8. The van der Waals surface area contributed by atoms with Crippen LogP contribution in [0.3, 0.4) is 0 Å². The number of hydrogen-bond donors (Lipinski definition) is 3. The van der Waals surface area contributed by atoms with E-state index in [-0.39, 0.29) is 29.0 Å². The van der Waals surface area contributed by atoms with Crippen LogP contribution in [-0.2, 0) is 11.2 Å². The molecular weight excluding hydrogens is 256 g/mol. The molecule has 0 saturated carbocycles. The molecule has 20 heavy (non-hydrogen) atoms. The molecule has 1 aliphatic heterocycles. The smallest absolute Gasteiger partial charge is 0.126 e. The molecule has 1 fully saturated rings. The highest BCUT2D eigenvalue weighted by Gasteiger charge is 2.51. The number of rotatable bonds is 5. The predicted octanol–water partition coefficient (Wildman–Crippen LogP) is 3.25. The summed E-state index contributed by atoms with van der Waals surface area (Å²) < 4.78 is 5.72. The molecule has 2 atom stereocenters. The highest BCUT2D eigenvalue weighted by Crippen LogP contribution is 2.45. The Morgan fingerprint density at radius 2 is 1.85 bits per heavy atom. The van der Waals surface area contributed by atoms with Crippen LogP contribution in [0.15, 0.2) is 23.8 Å². The first-order valence-electron chi connectivity index (χ1n) is 6.87. The highest BCUT2D eigenvalue weighted by molar-refractivity contribution is 5.49. The average Bonchev–Trinajstić information content (AvgIpc) is 2.94. The summed E-state index contributed by atoms with van der Waals surface area (Å²) in [4.78, 5) is 0. The second-order valence-corrected chi connectivity index (χ2v) is 5.91. The van der Waals surface area contributed by atoms with Crippen molar-refractivity contribution < 1.29 is 20.1 Å². The largest absolute Gasteiger partial charge is 0.508 e. The molecule has 2 rings (SSSR count). The van der Waals surface area contributed by atoms with Gasteiger partial charge in [0.1, 0.15) is 17.2 Å². The van der Waals surface area contributed by atoms with Gasteiger partial charge in [0.25, 0.3) is 0 Å². The van der Waals surface area contributed by atoms with E-state index in [1.54, 1.807) is 0 Å². The summed E-state index contributed by atoms with van der Waals surface area (Å²) in [5.41, 5.74) is 1.53. The quantitative estimate of drug-likeness (QED) is 0.571. The van der Waals surface area contributed by atoms with Gasteiger partial charge >= 0.3 is 0 Å². The van der Waals surface area contributed by atoms with Crippen molar-refractivity contribution in [2.45, 2.75) is 51.7 Å². The minimum Gasteiger partial charge on any atom is -0.508 e. The maximum absolute atomic E-state index is 9.78. The van der Waals surface area contributed by atoms with Crippen LogP contribution < -0.4 is 0 Å². The van der Waals surface area contributed by atoms with Gasteiger partial charge < -0.3 is 20.1 Å². The summed E-state index contributed by atoms with van der Waals surface area (Å²) in [6, 6.07) is 2.47. The third-order valence-corrected chi connectivity index (χ3v) is 3.81. The van der Waals surface area contributed by atoms with E-state index in [9.17, 15) is 15.3 Å². The Morgan fingerprint density at radius 3 is 2.40 bits per heavy atom. The molecule has 0 bridgehead atoms. The lowest BCUT2D eigenvalue weighted by atomic mass is 9.95. The first kappa shape index (κ1) is 14.7. The molecule has 0 aromatic heterocycles. The van der Waals surface area contributed by atoms with Crippen molar-refractivity contribution in [1.82, 2.24) is 0 Å². The Kier molecular flexibility index (Phi) is 3.95. The molecule has 0 radical (unpaired) electrons. The van der Waals surface area contributed by atoms with Gasteiger partial charge in [0.2, 0.25) is 0 Å². The number of phenolic OH excluding ortho intramolecular Hbond substituents is 3. The molecule has 1 aromatic carbocycles. The van der Waals surface area contributed by atoms with Gasteiger partial charge in [0.05, 0.1) is 11.7 Å². The number of benzene rings is 1. The van der Waals surface area contributed by atoms with Gasteiger partial charge in [-0.3, -0.25) is 0 Å². The summed E-state index contributed by atoms with van der Waals surface area (Å²) >= 11 is 0. The van der Waals surface area contributed by atoms with Gasteiger partial charge in [-0.2, -0.15) is 0 Å². The zero-order chi connectivity index (χ0) is 14.9. The van der Waals surface area contributed by atoms with Crippen LogP contribution in [0.2, 0.25) is 0 Å². The molecule has 1 aliphatic rings. The second-order valence-electron chi connectivity index (χ2n) is 5.91. The van der Waals surface area contributed by atoms with Crippen molar-refractivity contribution in [3.8, 4) is 17.2 Å². The molecule has 0 aliphatic carbocycles. The van der Waals surface area contributed by atoms with Crippen LogP contribution in [0.25, 0.3) is 0 Å². The van der Waals surface area contributed by atoms with Crippen molar-refractivity contribution >= 4 is 0 Å². The van der Waals surface area contributed by atoms with E-state index in [2.05, 4.69) is 19.9 Å². The standard InChI is InChI=1S/C16H22O4/c1-10(2)5-4-6-16(3)15(20-16)9-12-13(18)7-11(17)8-14(12)19/h5,7-8,15,17-19H,4,6,9H2,1-3H3. The Hall–Kier alpha value is -1.68. The Bertz CT molecular complexity index is 508. The second kappa shape index (κ2) is 5.37. The normalized spacial score (nSPS) is 24.4. The monoisotopic (exact) mass is 278 g/mol. The van der Waals surface area contributed by atoms with Crippen molar-refractivity contribution in [3.05, 3.63) is 29.3 Å². The van der Waals surface area contributed by atoms with Gasteiger partial charge in [-0.25, -0.2) is 0 Å². The molecule has 4 heteroatoms.